The third kappa shape index (κ3) is 3.72. The predicted octanol–water partition coefficient (Wildman–Crippen LogP) is -2.55. The molecule has 4 atom stereocenters. The highest BCUT2D eigenvalue weighted by molar-refractivity contribution is 5.06. The molecule has 0 spiro atoms. The average molecular weight is 190 g/mol. The van der Waals surface area contributed by atoms with Crippen molar-refractivity contribution in [2.45, 2.75) is 31.3 Å². The smallest absolute Gasteiger partial charge is 0.143 e. The molecule has 0 heterocycles. The van der Waals surface area contributed by atoms with E-state index < -0.39 is 31.0 Å². The van der Waals surface area contributed by atoms with Gasteiger partial charge in [-0.1, -0.05) is 5.92 Å². The number of aliphatic hydroxyl groups is 5. The molecule has 76 valence electrons. The van der Waals surface area contributed by atoms with Crippen LogP contribution in [0.5, 0.6) is 0 Å². The van der Waals surface area contributed by atoms with Crippen molar-refractivity contribution < 1.29 is 25.5 Å². The van der Waals surface area contributed by atoms with Crippen LogP contribution in [-0.2, 0) is 0 Å². The molecule has 5 N–H and O–H groups in total. The fourth-order valence-electron chi connectivity index (χ4n) is 0.756. The number of aliphatic hydroxyl groups excluding tert-OH is 5. The van der Waals surface area contributed by atoms with Crippen molar-refractivity contribution in [1.82, 2.24) is 0 Å². The van der Waals surface area contributed by atoms with Crippen molar-refractivity contribution in [3.05, 3.63) is 0 Å². The predicted molar refractivity (Wildman–Crippen MR) is 44.6 cm³/mol. The van der Waals surface area contributed by atoms with E-state index in [4.69, 9.17) is 25.5 Å². The topological polar surface area (TPSA) is 101 Å². The molecular weight excluding hydrogens is 176 g/mol. The van der Waals surface area contributed by atoms with Crippen LogP contribution in [-0.4, -0.2) is 56.6 Å². The highest BCUT2D eigenvalue weighted by Gasteiger charge is 2.28. The minimum absolute atomic E-state index is 0.690. The van der Waals surface area contributed by atoms with Crippen molar-refractivity contribution in [1.29, 1.82) is 0 Å². The van der Waals surface area contributed by atoms with Gasteiger partial charge in [-0.25, -0.2) is 0 Å². The molecule has 0 fully saturated rings. The molecule has 0 rings (SSSR count). The molecule has 13 heavy (non-hydrogen) atoms. The molecule has 0 radical (unpaired) electrons. The van der Waals surface area contributed by atoms with E-state index in [0.29, 0.717) is 0 Å². The Hall–Kier alpha value is -0.640. The first-order valence-corrected chi connectivity index (χ1v) is 3.80. The Morgan fingerprint density at radius 2 is 1.62 bits per heavy atom. The van der Waals surface area contributed by atoms with E-state index in [1.165, 1.54) is 6.92 Å². The van der Waals surface area contributed by atoms with Crippen LogP contribution in [0.3, 0.4) is 0 Å². The van der Waals surface area contributed by atoms with Gasteiger partial charge in [0, 0.05) is 0 Å². The van der Waals surface area contributed by atoms with Crippen molar-refractivity contribution in [3.8, 4) is 11.8 Å². The van der Waals surface area contributed by atoms with Crippen LogP contribution in [0.2, 0.25) is 0 Å². The second kappa shape index (κ2) is 5.91. The lowest BCUT2D eigenvalue weighted by atomic mass is 10.0. The zero-order valence-corrected chi connectivity index (χ0v) is 7.25. The normalized spacial score (nSPS) is 19.5. The molecule has 0 aromatic heterocycles. The molecular formula is C8H14O5. The maximum atomic E-state index is 9.15. The maximum Gasteiger partial charge on any atom is 0.143 e. The van der Waals surface area contributed by atoms with Crippen molar-refractivity contribution >= 4 is 0 Å². The SMILES string of the molecule is CC#CC(O)C(O)C(O)C(O)CO. The minimum atomic E-state index is -1.61. The molecule has 5 heteroatoms. The molecule has 0 aromatic carbocycles. The van der Waals surface area contributed by atoms with E-state index in [2.05, 4.69) is 11.8 Å². The summed E-state index contributed by atoms with van der Waals surface area (Å²) in [4.78, 5) is 0. The molecule has 0 aliphatic carbocycles. The van der Waals surface area contributed by atoms with Crippen LogP contribution in [0.15, 0.2) is 0 Å². The van der Waals surface area contributed by atoms with Crippen LogP contribution in [0, 0.1) is 11.8 Å². The first-order chi connectivity index (χ1) is 6.04. The molecule has 0 aromatic rings. The Labute approximate surface area is 76.3 Å². The Morgan fingerprint density at radius 3 is 2.00 bits per heavy atom. The molecule has 0 saturated carbocycles. The minimum Gasteiger partial charge on any atom is -0.394 e. The number of hydrogen-bond acceptors (Lipinski definition) is 5. The Kier molecular flexibility index (Phi) is 5.62. The Morgan fingerprint density at radius 1 is 1.08 bits per heavy atom. The van der Waals surface area contributed by atoms with Gasteiger partial charge in [0.15, 0.2) is 0 Å². The summed E-state index contributed by atoms with van der Waals surface area (Å²) in [5.41, 5.74) is 0. The number of hydrogen-bond donors (Lipinski definition) is 5. The summed E-state index contributed by atoms with van der Waals surface area (Å²) in [7, 11) is 0. The van der Waals surface area contributed by atoms with Crippen LogP contribution in [0.25, 0.3) is 0 Å². The van der Waals surface area contributed by atoms with Crippen molar-refractivity contribution in [2.75, 3.05) is 6.61 Å². The maximum absolute atomic E-state index is 9.15. The second-order valence-corrected chi connectivity index (χ2v) is 2.57. The van der Waals surface area contributed by atoms with Gasteiger partial charge in [0.05, 0.1) is 6.61 Å². The van der Waals surface area contributed by atoms with E-state index in [1.54, 1.807) is 0 Å². The van der Waals surface area contributed by atoms with E-state index >= 15 is 0 Å². The van der Waals surface area contributed by atoms with Gasteiger partial charge in [0.25, 0.3) is 0 Å². The van der Waals surface area contributed by atoms with Crippen LogP contribution >= 0.6 is 0 Å². The average Bonchev–Trinajstić information content (AvgIpc) is 2.14. The molecule has 0 saturated heterocycles. The summed E-state index contributed by atoms with van der Waals surface area (Å²) < 4.78 is 0. The van der Waals surface area contributed by atoms with Crippen molar-refractivity contribution in [3.63, 3.8) is 0 Å². The van der Waals surface area contributed by atoms with Gasteiger partial charge in [-0.05, 0) is 6.92 Å². The summed E-state index contributed by atoms with van der Waals surface area (Å²) in [5.74, 6) is 4.55. The summed E-state index contributed by atoms with van der Waals surface area (Å²) in [6.07, 6.45) is -6.11. The Balaban J connectivity index is 4.20. The molecule has 0 aliphatic rings. The van der Waals surface area contributed by atoms with Gasteiger partial charge in [0.2, 0.25) is 0 Å². The van der Waals surface area contributed by atoms with Crippen LogP contribution in [0.1, 0.15) is 6.92 Å². The zero-order valence-electron chi connectivity index (χ0n) is 7.25. The van der Waals surface area contributed by atoms with E-state index in [-0.39, 0.29) is 0 Å². The first kappa shape index (κ1) is 12.4. The standard InChI is InChI=1S/C8H14O5/c1-2-3-5(10)7(12)8(13)6(11)4-9/h5-13H,4H2,1H3. The van der Waals surface area contributed by atoms with Crippen LogP contribution in [0.4, 0.5) is 0 Å². The molecule has 5 nitrogen and oxygen atoms in total. The van der Waals surface area contributed by atoms with E-state index in [1.807, 2.05) is 0 Å². The lowest BCUT2D eigenvalue weighted by Crippen LogP contribution is -2.45. The summed E-state index contributed by atoms with van der Waals surface area (Å²) in [5, 5.41) is 44.6. The fraction of sp³-hybridized carbons (Fsp3) is 0.750. The largest absolute Gasteiger partial charge is 0.394 e. The fourth-order valence-corrected chi connectivity index (χ4v) is 0.756. The third-order valence-electron chi connectivity index (χ3n) is 1.55. The monoisotopic (exact) mass is 190 g/mol. The Bertz CT molecular complexity index is 194. The van der Waals surface area contributed by atoms with Gasteiger partial charge < -0.3 is 25.5 Å². The van der Waals surface area contributed by atoms with Gasteiger partial charge in [-0.2, -0.15) is 0 Å². The summed E-state index contributed by atoms with van der Waals surface area (Å²) in [6, 6.07) is 0. The molecule has 0 aliphatic heterocycles. The van der Waals surface area contributed by atoms with E-state index in [9.17, 15) is 0 Å². The zero-order chi connectivity index (χ0) is 10.4. The highest BCUT2D eigenvalue weighted by atomic mass is 16.4. The lowest BCUT2D eigenvalue weighted by molar-refractivity contribution is -0.103. The first-order valence-electron chi connectivity index (χ1n) is 3.80. The molecule has 0 bridgehead atoms. The van der Waals surface area contributed by atoms with Gasteiger partial charge >= 0.3 is 0 Å². The van der Waals surface area contributed by atoms with Crippen molar-refractivity contribution in [2.24, 2.45) is 0 Å². The van der Waals surface area contributed by atoms with Gasteiger partial charge in [-0.15, -0.1) is 5.92 Å². The summed E-state index contributed by atoms with van der Waals surface area (Å²) in [6.45, 7) is 0.773. The quantitative estimate of drug-likeness (QED) is 0.314. The highest BCUT2D eigenvalue weighted by Crippen LogP contribution is 2.03. The van der Waals surface area contributed by atoms with E-state index in [0.717, 1.165) is 0 Å². The summed E-state index contributed by atoms with van der Waals surface area (Å²) >= 11 is 0. The third-order valence-corrected chi connectivity index (χ3v) is 1.55. The number of rotatable bonds is 4. The van der Waals surface area contributed by atoms with Gasteiger partial charge in [-0.3, -0.25) is 0 Å². The van der Waals surface area contributed by atoms with Crippen LogP contribution < -0.4 is 0 Å². The molecule has 4 unspecified atom stereocenters. The molecule has 0 amide bonds. The van der Waals surface area contributed by atoms with Gasteiger partial charge in [0.1, 0.15) is 24.4 Å². The lowest BCUT2D eigenvalue weighted by Gasteiger charge is -2.22. The second-order valence-electron chi connectivity index (χ2n) is 2.57.